The lowest BCUT2D eigenvalue weighted by molar-refractivity contribution is 0.0880. The maximum absolute atomic E-state index is 12.8. The second-order valence-corrected chi connectivity index (χ2v) is 8.14. The van der Waals surface area contributed by atoms with E-state index in [2.05, 4.69) is 22.0 Å². The van der Waals surface area contributed by atoms with Crippen molar-refractivity contribution in [2.45, 2.75) is 33.4 Å². The lowest BCUT2D eigenvalue weighted by atomic mass is 9.96. The van der Waals surface area contributed by atoms with E-state index in [1.807, 2.05) is 56.4 Å². The lowest BCUT2D eigenvalue weighted by Gasteiger charge is -2.30. The normalized spacial score (nSPS) is 13.7. The molecule has 156 valence electrons. The third-order valence-electron chi connectivity index (χ3n) is 5.97. The summed E-state index contributed by atoms with van der Waals surface area (Å²) in [5.41, 5.74) is 6.29. The van der Waals surface area contributed by atoms with Crippen LogP contribution < -0.4 is 10.4 Å². The monoisotopic (exact) mass is 412 g/mol. The van der Waals surface area contributed by atoms with E-state index >= 15 is 0 Å². The summed E-state index contributed by atoms with van der Waals surface area (Å²) in [5, 5.41) is 0.980. The van der Waals surface area contributed by atoms with E-state index in [1.54, 1.807) is 6.20 Å². The number of benzene rings is 2. The van der Waals surface area contributed by atoms with Gasteiger partial charge in [0.2, 0.25) is 0 Å². The van der Waals surface area contributed by atoms with Gasteiger partial charge in [0, 0.05) is 54.0 Å². The Kier molecular flexibility index (Phi) is 5.04. The molecule has 0 atom stereocenters. The fourth-order valence-electron chi connectivity index (χ4n) is 4.35. The molecule has 0 unspecified atom stereocenters. The average Bonchev–Trinajstić information content (AvgIpc) is 2.79. The molecule has 5 rings (SSSR count). The Labute approximate surface area is 180 Å². The van der Waals surface area contributed by atoms with Gasteiger partial charge in [-0.3, -0.25) is 9.88 Å². The molecule has 5 heteroatoms. The summed E-state index contributed by atoms with van der Waals surface area (Å²) >= 11 is 0. The molecule has 1 aliphatic heterocycles. The van der Waals surface area contributed by atoms with Crippen LogP contribution in [0, 0.1) is 13.8 Å². The van der Waals surface area contributed by atoms with E-state index in [0.29, 0.717) is 24.3 Å². The number of rotatable bonds is 4. The Morgan fingerprint density at radius 1 is 1.03 bits per heavy atom. The van der Waals surface area contributed by atoms with E-state index in [4.69, 9.17) is 9.15 Å². The second kappa shape index (κ2) is 8.00. The van der Waals surface area contributed by atoms with Gasteiger partial charge >= 0.3 is 5.63 Å². The third kappa shape index (κ3) is 3.73. The Balaban J connectivity index is 1.53. The maximum atomic E-state index is 12.8. The third-order valence-corrected chi connectivity index (χ3v) is 5.97. The predicted octanol–water partition coefficient (Wildman–Crippen LogP) is 4.75. The lowest BCUT2D eigenvalue weighted by Crippen LogP contribution is -2.32. The Bertz CT molecular complexity index is 1300. The molecular weight excluding hydrogens is 388 g/mol. The molecule has 2 aromatic carbocycles. The summed E-state index contributed by atoms with van der Waals surface area (Å²) in [6.45, 7) is 6.02. The molecule has 0 aliphatic carbocycles. The first kappa shape index (κ1) is 19.5. The Morgan fingerprint density at radius 3 is 2.61 bits per heavy atom. The number of hydrogen-bond donors (Lipinski definition) is 0. The summed E-state index contributed by atoms with van der Waals surface area (Å²) in [4.78, 5) is 19.3. The number of ether oxygens (including phenoxy) is 1. The van der Waals surface area contributed by atoms with E-state index in [1.165, 1.54) is 0 Å². The van der Waals surface area contributed by atoms with Crippen molar-refractivity contribution in [2.75, 3.05) is 6.73 Å². The van der Waals surface area contributed by atoms with E-state index in [9.17, 15) is 4.79 Å². The molecule has 31 heavy (non-hydrogen) atoms. The summed E-state index contributed by atoms with van der Waals surface area (Å²) in [6.07, 6.45) is 4.23. The zero-order valence-corrected chi connectivity index (χ0v) is 17.7. The second-order valence-electron chi connectivity index (χ2n) is 8.14. The van der Waals surface area contributed by atoms with Gasteiger partial charge in [-0.05, 0) is 42.7 Å². The number of nitrogens with zero attached hydrogens (tertiary/aromatic N) is 2. The molecular formula is C26H24N2O3. The number of fused-ring (bicyclic) bond motifs is 2. The molecule has 2 aromatic heterocycles. The Morgan fingerprint density at radius 2 is 1.84 bits per heavy atom. The van der Waals surface area contributed by atoms with Crippen molar-refractivity contribution in [1.29, 1.82) is 0 Å². The van der Waals surface area contributed by atoms with Crippen LogP contribution in [-0.2, 0) is 19.5 Å². The quantitative estimate of drug-likeness (QED) is 0.453. The zero-order chi connectivity index (χ0) is 21.4. The highest BCUT2D eigenvalue weighted by Crippen LogP contribution is 2.36. The molecule has 0 bridgehead atoms. The molecule has 0 spiro atoms. The first-order chi connectivity index (χ1) is 15.1. The number of aromatic nitrogens is 1. The fraction of sp³-hybridized carbons (Fsp3) is 0.231. The number of aryl methyl sites for hydroxylation is 2. The zero-order valence-electron chi connectivity index (χ0n) is 17.7. The molecule has 4 aromatic rings. The smallest absolute Gasteiger partial charge is 0.340 e. The van der Waals surface area contributed by atoms with Gasteiger partial charge in [0.1, 0.15) is 18.1 Å². The Hall–Kier alpha value is -3.44. The van der Waals surface area contributed by atoms with E-state index < -0.39 is 0 Å². The van der Waals surface area contributed by atoms with Gasteiger partial charge in [0.05, 0.1) is 0 Å². The molecule has 5 nitrogen and oxygen atoms in total. The van der Waals surface area contributed by atoms with Gasteiger partial charge in [0.25, 0.3) is 0 Å². The minimum atomic E-state index is -0.272. The van der Waals surface area contributed by atoms with Gasteiger partial charge in [0.15, 0.2) is 0 Å². The van der Waals surface area contributed by atoms with Crippen LogP contribution in [0.3, 0.4) is 0 Å². The topological polar surface area (TPSA) is 55.6 Å². The van der Waals surface area contributed by atoms with E-state index in [0.717, 1.165) is 52.0 Å². The molecule has 0 N–H and O–H groups in total. The van der Waals surface area contributed by atoms with Crippen LogP contribution in [-0.4, -0.2) is 16.6 Å². The number of pyridine rings is 1. The summed E-state index contributed by atoms with van der Waals surface area (Å²) in [6, 6.07) is 16.2. The van der Waals surface area contributed by atoms with Crippen LogP contribution in [0.1, 0.15) is 33.4 Å². The summed E-state index contributed by atoms with van der Waals surface area (Å²) < 4.78 is 11.9. The minimum absolute atomic E-state index is 0.272. The number of hydrogen-bond acceptors (Lipinski definition) is 5. The van der Waals surface area contributed by atoms with Gasteiger partial charge in [-0.2, -0.15) is 0 Å². The van der Waals surface area contributed by atoms with Crippen molar-refractivity contribution in [3.05, 3.63) is 105 Å². The van der Waals surface area contributed by atoms with Crippen molar-refractivity contribution >= 4 is 11.0 Å². The van der Waals surface area contributed by atoms with Crippen LogP contribution in [0.15, 0.2) is 70.1 Å². The van der Waals surface area contributed by atoms with Crippen LogP contribution in [0.4, 0.5) is 0 Å². The van der Waals surface area contributed by atoms with Crippen LogP contribution in [0.5, 0.6) is 5.75 Å². The average molecular weight is 412 g/mol. The highest BCUT2D eigenvalue weighted by Gasteiger charge is 2.24. The largest absolute Gasteiger partial charge is 0.477 e. The maximum Gasteiger partial charge on any atom is 0.340 e. The van der Waals surface area contributed by atoms with Crippen molar-refractivity contribution in [3.63, 3.8) is 0 Å². The SMILES string of the molecule is Cc1c(Cc2ccccc2)c(=O)oc2c(C)c3c(cc12)CN(Cc1cccnc1)CO3. The predicted molar refractivity (Wildman–Crippen MR) is 120 cm³/mol. The molecule has 0 saturated carbocycles. The molecule has 1 aliphatic rings. The highest BCUT2D eigenvalue weighted by atomic mass is 16.5. The van der Waals surface area contributed by atoms with Gasteiger partial charge in [-0.1, -0.05) is 36.4 Å². The van der Waals surface area contributed by atoms with Gasteiger partial charge < -0.3 is 9.15 Å². The fourth-order valence-corrected chi connectivity index (χ4v) is 4.35. The van der Waals surface area contributed by atoms with E-state index in [-0.39, 0.29) is 5.63 Å². The summed E-state index contributed by atoms with van der Waals surface area (Å²) in [7, 11) is 0. The van der Waals surface area contributed by atoms with Gasteiger partial charge in [-0.15, -0.1) is 0 Å². The molecule has 0 radical (unpaired) electrons. The van der Waals surface area contributed by atoms with Crippen LogP contribution in [0.25, 0.3) is 11.0 Å². The molecule has 0 fully saturated rings. The molecule has 0 saturated heterocycles. The van der Waals surface area contributed by atoms with Crippen LogP contribution in [0.2, 0.25) is 0 Å². The molecule has 3 heterocycles. The van der Waals surface area contributed by atoms with Crippen molar-refractivity contribution in [1.82, 2.24) is 9.88 Å². The van der Waals surface area contributed by atoms with Crippen molar-refractivity contribution in [2.24, 2.45) is 0 Å². The first-order valence-corrected chi connectivity index (χ1v) is 10.5. The molecule has 0 amide bonds. The summed E-state index contributed by atoms with van der Waals surface area (Å²) in [5.74, 6) is 0.827. The first-order valence-electron chi connectivity index (χ1n) is 10.5. The van der Waals surface area contributed by atoms with Crippen molar-refractivity contribution < 1.29 is 9.15 Å². The highest BCUT2D eigenvalue weighted by molar-refractivity contribution is 5.87. The van der Waals surface area contributed by atoms with Crippen molar-refractivity contribution in [3.8, 4) is 5.75 Å². The van der Waals surface area contributed by atoms with Gasteiger partial charge in [-0.25, -0.2) is 4.79 Å². The minimum Gasteiger partial charge on any atom is -0.477 e. The van der Waals surface area contributed by atoms with Crippen LogP contribution >= 0.6 is 0 Å². The standard InChI is InChI=1S/C26H24N2O3/c1-17-22-12-21-15-28(14-20-9-6-10-27-13-20)16-30-24(21)18(2)25(22)31-26(29)23(17)11-19-7-4-3-5-8-19/h3-10,12-13H,11,14-16H2,1-2H3.